The maximum absolute atomic E-state index is 12.1. The Morgan fingerprint density at radius 3 is 2.52 bits per heavy atom. The van der Waals surface area contributed by atoms with Crippen molar-refractivity contribution in [1.82, 2.24) is 15.2 Å². The number of amides is 2. The van der Waals surface area contributed by atoms with Crippen molar-refractivity contribution in [2.75, 3.05) is 37.6 Å². The second kappa shape index (κ2) is 7.86. The number of carbonyl (C=O) groups excluding carboxylic acids is 1. The van der Waals surface area contributed by atoms with Crippen LogP contribution in [0.1, 0.15) is 26.7 Å². The van der Waals surface area contributed by atoms with Gasteiger partial charge in [-0.3, -0.25) is 4.98 Å². The van der Waals surface area contributed by atoms with Crippen LogP contribution in [0.25, 0.3) is 0 Å². The summed E-state index contributed by atoms with van der Waals surface area (Å²) in [5, 5.41) is 3.02. The average molecular weight is 290 g/mol. The second-order valence-corrected chi connectivity index (χ2v) is 5.95. The first-order valence-corrected chi connectivity index (χ1v) is 7.84. The summed E-state index contributed by atoms with van der Waals surface area (Å²) in [7, 11) is 0. The molecule has 0 atom stereocenters. The molecule has 5 heteroatoms. The molecule has 2 amide bonds. The van der Waals surface area contributed by atoms with Gasteiger partial charge >= 0.3 is 6.03 Å². The number of nitrogens with zero attached hydrogens (tertiary/aromatic N) is 3. The fraction of sp³-hybridized carbons (Fsp3) is 0.625. The minimum atomic E-state index is 0.0770. The van der Waals surface area contributed by atoms with Crippen LogP contribution in [-0.4, -0.2) is 48.6 Å². The van der Waals surface area contributed by atoms with Gasteiger partial charge in [0.2, 0.25) is 0 Å². The Bertz CT molecular complexity index is 427. The molecular formula is C16H26N4O. The molecule has 0 spiro atoms. The van der Waals surface area contributed by atoms with Crippen molar-refractivity contribution < 1.29 is 4.79 Å². The average Bonchev–Trinajstić information content (AvgIpc) is 2.52. The van der Waals surface area contributed by atoms with Crippen LogP contribution in [0.2, 0.25) is 0 Å². The van der Waals surface area contributed by atoms with Crippen LogP contribution in [0.3, 0.4) is 0 Å². The lowest BCUT2D eigenvalue weighted by Crippen LogP contribution is -2.52. The Morgan fingerprint density at radius 2 is 1.90 bits per heavy atom. The standard InChI is InChI=1S/C16H26N4O/c1-14(2)4-3-7-18-16(21)20-12-10-19(11-13-20)15-5-8-17-9-6-15/h5-6,8-9,14H,3-4,7,10-13H2,1-2H3,(H,18,21). The van der Waals surface area contributed by atoms with Crippen LogP contribution in [-0.2, 0) is 0 Å². The van der Waals surface area contributed by atoms with E-state index >= 15 is 0 Å². The molecule has 1 aromatic rings. The summed E-state index contributed by atoms with van der Waals surface area (Å²) in [5.41, 5.74) is 1.18. The molecule has 1 aromatic heterocycles. The number of hydrogen-bond donors (Lipinski definition) is 1. The third-order valence-corrected chi connectivity index (χ3v) is 3.83. The summed E-state index contributed by atoms with van der Waals surface area (Å²) >= 11 is 0. The predicted octanol–water partition coefficient (Wildman–Crippen LogP) is 2.35. The highest BCUT2D eigenvalue weighted by atomic mass is 16.2. The number of hydrogen-bond acceptors (Lipinski definition) is 3. The molecule has 0 aromatic carbocycles. The molecule has 2 heterocycles. The third-order valence-electron chi connectivity index (χ3n) is 3.83. The summed E-state index contributed by atoms with van der Waals surface area (Å²) in [4.78, 5) is 20.3. The lowest BCUT2D eigenvalue weighted by atomic mass is 10.1. The number of piperazine rings is 1. The minimum absolute atomic E-state index is 0.0770. The lowest BCUT2D eigenvalue weighted by molar-refractivity contribution is 0.194. The molecule has 0 unspecified atom stereocenters. The van der Waals surface area contributed by atoms with E-state index in [0.29, 0.717) is 5.92 Å². The summed E-state index contributed by atoms with van der Waals surface area (Å²) in [6.45, 7) is 8.51. The van der Waals surface area contributed by atoms with E-state index < -0.39 is 0 Å². The number of urea groups is 1. The normalized spacial score (nSPS) is 15.4. The van der Waals surface area contributed by atoms with Crippen LogP contribution in [0, 0.1) is 5.92 Å². The first-order valence-electron chi connectivity index (χ1n) is 7.84. The van der Waals surface area contributed by atoms with Crippen LogP contribution < -0.4 is 10.2 Å². The molecule has 1 aliphatic heterocycles. The Hall–Kier alpha value is -1.78. The molecule has 1 aliphatic rings. The summed E-state index contributed by atoms with van der Waals surface area (Å²) in [5.74, 6) is 0.700. The maximum Gasteiger partial charge on any atom is 0.317 e. The number of nitrogens with one attached hydrogen (secondary N) is 1. The Kier molecular flexibility index (Phi) is 5.84. The van der Waals surface area contributed by atoms with Gasteiger partial charge in [0.05, 0.1) is 0 Å². The molecular weight excluding hydrogens is 264 g/mol. The van der Waals surface area contributed by atoms with Crippen LogP contribution in [0.5, 0.6) is 0 Å². The predicted molar refractivity (Wildman–Crippen MR) is 85.5 cm³/mol. The number of rotatable bonds is 5. The molecule has 2 rings (SSSR count). The number of pyridine rings is 1. The van der Waals surface area contributed by atoms with Gasteiger partial charge in [-0.15, -0.1) is 0 Å². The summed E-state index contributed by atoms with van der Waals surface area (Å²) in [6.07, 6.45) is 5.84. The lowest BCUT2D eigenvalue weighted by Gasteiger charge is -2.36. The van der Waals surface area contributed by atoms with Gasteiger partial charge in [-0.1, -0.05) is 13.8 Å². The molecule has 1 saturated heterocycles. The van der Waals surface area contributed by atoms with E-state index in [2.05, 4.69) is 29.0 Å². The number of carbonyl (C=O) groups is 1. The van der Waals surface area contributed by atoms with Crippen LogP contribution in [0.4, 0.5) is 10.5 Å². The molecule has 0 aliphatic carbocycles. The van der Waals surface area contributed by atoms with Gasteiger partial charge in [-0.25, -0.2) is 4.79 Å². The third kappa shape index (κ3) is 4.92. The van der Waals surface area contributed by atoms with Crippen LogP contribution in [0.15, 0.2) is 24.5 Å². The smallest absolute Gasteiger partial charge is 0.317 e. The van der Waals surface area contributed by atoms with Crippen LogP contribution >= 0.6 is 0 Å². The van der Waals surface area contributed by atoms with Gasteiger partial charge in [0.1, 0.15) is 0 Å². The molecule has 1 N–H and O–H groups in total. The Morgan fingerprint density at radius 1 is 1.24 bits per heavy atom. The molecule has 1 fully saturated rings. The number of aromatic nitrogens is 1. The van der Waals surface area contributed by atoms with E-state index in [1.54, 1.807) is 0 Å². The topological polar surface area (TPSA) is 48.5 Å². The summed E-state index contributed by atoms with van der Waals surface area (Å²) < 4.78 is 0. The molecule has 0 saturated carbocycles. The van der Waals surface area contributed by atoms with Gasteiger partial charge in [0.25, 0.3) is 0 Å². The molecule has 0 bridgehead atoms. The van der Waals surface area contributed by atoms with Crippen molar-refractivity contribution >= 4 is 11.7 Å². The molecule has 0 radical (unpaired) electrons. The largest absolute Gasteiger partial charge is 0.368 e. The van der Waals surface area contributed by atoms with Gasteiger partial charge in [-0.2, -0.15) is 0 Å². The van der Waals surface area contributed by atoms with Crippen molar-refractivity contribution in [2.45, 2.75) is 26.7 Å². The highest BCUT2D eigenvalue weighted by Crippen LogP contribution is 2.14. The SMILES string of the molecule is CC(C)CCCNC(=O)N1CCN(c2ccncc2)CC1. The van der Waals surface area contributed by atoms with E-state index in [9.17, 15) is 4.79 Å². The summed E-state index contributed by atoms with van der Waals surface area (Å²) in [6, 6.07) is 4.11. The molecule has 21 heavy (non-hydrogen) atoms. The first kappa shape index (κ1) is 15.6. The monoisotopic (exact) mass is 290 g/mol. The molecule has 116 valence electrons. The van der Waals surface area contributed by atoms with E-state index in [1.165, 1.54) is 5.69 Å². The zero-order chi connectivity index (χ0) is 15.1. The van der Waals surface area contributed by atoms with E-state index in [-0.39, 0.29) is 6.03 Å². The number of anilines is 1. The zero-order valence-electron chi connectivity index (χ0n) is 13.1. The van der Waals surface area contributed by atoms with Gasteiger partial charge in [0, 0.05) is 50.8 Å². The van der Waals surface area contributed by atoms with Crippen molar-refractivity contribution in [1.29, 1.82) is 0 Å². The van der Waals surface area contributed by atoms with Crippen molar-refractivity contribution in [2.24, 2.45) is 5.92 Å². The van der Waals surface area contributed by atoms with Gasteiger partial charge in [-0.05, 0) is 30.9 Å². The molecule has 5 nitrogen and oxygen atoms in total. The van der Waals surface area contributed by atoms with Crippen molar-refractivity contribution in [3.63, 3.8) is 0 Å². The van der Waals surface area contributed by atoms with Gasteiger partial charge < -0.3 is 15.1 Å². The minimum Gasteiger partial charge on any atom is -0.368 e. The highest BCUT2D eigenvalue weighted by molar-refractivity contribution is 5.74. The zero-order valence-corrected chi connectivity index (χ0v) is 13.1. The van der Waals surface area contributed by atoms with Crippen molar-refractivity contribution in [3.05, 3.63) is 24.5 Å². The Balaban J connectivity index is 1.70. The second-order valence-electron chi connectivity index (χ2n) is 5.95. The Labute approximate surface area is 127 Å². The van der Waals surface area contributed by atoms with E-state index in [1.807, 2.05) is 29.4 Å². The van der Waals surface area contributed by atoms with E-state index in [4.69, 9.17) is 0 Å². The van der Waals surface area contributed by atoms with Crippen molar-refractivity contribution in [3.8, 4) is 0 Å². The quantitative estimate of drug-likeness (QED) is 0.847. The fourth-order valence-corrected chi connectivity index (χ4v) is 2.54. The van der Waals surface area contributed by atoms with E-state index in [0.717, 1.165) is 45.6 Å². The first-order chi connectivity index (χ1) is 10.2. The fourth-order valence-electron chi connectivity index (χ4n) is 2.54. The highest BCUT2D eigenvalue weighted by Gasteiger charge is 2.20. The van der Waals surface area contributed by atoms with Gasteiger partial charge in [0.15, 0.2) is 0 Å². The maximum atomic E-state index is 12.1.